The van der Waals surface area contributed by atoms with E-state index in [9.17, 15) is 40.8 Å². The first-order chi connectivity index (χ1) is 26.6. The highest BCUT2D eigenvalue weighted by molar-refractivity contribution is 7.91. The van der Waals surface area contributed by atoms with E-state index in [-0.39, 0.29) is 25.8 Å². The highest BCUT2D eigenvalue weighted by atomic mass is 35.5. The number of nitrogens with one attached hydrogen (secondary N) is 3. The van der Waals surface area contributed by atoms with Gasteiger partial charge >= 0.3 is 12.3 Å². The van der Waals surface area contributed by atoms with Gasteiger partial charge in [-0.2, -0.15) is 13.2 Å². The minimum Gasteiger partial charge on any atom is -0.483 e. The molecule has 3 aliphatic heterocycles. The summed E-state index contributed by atoms with van der Waals surface area (Å²) in [6.45, 7) is 4.58. The molecule has 3 N–H and O–H groups in total. The van der Waals surface area contributed by atoms with Gasteiger partial charge in [-0.1, -0.05) is 36.6 Å². The molecule has 57 heavy (non-hydrogen) atoms. The molecule has 2 aromatic rings. The van der Waals surface area contributed by atoms with E-state index < -0.39 is 79.5 Å². The van der Waals surface area contributed by atoms with E-state index in [1.807, 2.05) is 6.08 Å². The predicted molar refractivity (Wildman–Crippen MR) is 203 cm³/mol. The third kappa shape index (κ3) is 7.77. The summed E-state index contributed by atoms with van der Waals surface area (Å²) in [7, 11) is -4.07. The second-order valence-corrected chi connectivity index (χ2v) is 19.6. The molecule has 7 rings (SSSR count). The van der Waals surface area contributed by atoms with Crippen molar-refractivity contribution in [1.29, 1.82) is 0 Å². The highest BCUT2D eigenvalue weighted by Gasteiger charge is 2.64. The fourth-order valence-corrected chi connectivity index (χ4v) is 9.61. The van der Waals surface area contributed by atoms with Crippen molar-refractivity contribution in [2.24, 2.45) is 5.92 Å². The highest BCUT2D eigenvalue weighted by Crippen LogP contribution is 2.49. The first-order valence-electron chi connectivity index (χ1n) is 19.3. The van der Waals surface area contributed by atoms with E-state index in [0.717, 1.165) is 10.9 Å². The summed E-state index contributed by atoms with van der Waals surface area (Å²) in [5, 5.41) is 6.48. The van der Waals surface area contributed by atoms with Crippen LogP contribution < -0.4 is 20.1 Å². The molecule has 0 radical (unpaired) electrons. The monoisotopic (exact) mass is 837 g/mol. The fourth-order valence-electron chi connectivity index (χ4n) is 8.13. The maximum absolute atomic E-state index is 14.7. The number of hydrogen-bond donors (Lipinski definition) is 3. The van der Waals surface area contributed by atoms with E-state index in [2.05, 4.69) is 15.4 Å². The molecule has 0 bridgehead atoms. The van der Waals surface area contributed by atoms with Gasteiger partial charge < -0.3 is 25.0 Å². The average Bonchev–Trinajstić information content (AvgIpc) is 4.01. The number of sulfonamides is 1. The van der Waals surface area contributed by atoms with E-state index in [1.54, 1.807) is 38.1 Å². The van der Waals surface area contributed by atoms with Crippen LogP contribution in [0.15, 0.2) is 30.4 Å². The number of pyridine rings is 1. The fraction of sp³-hybridized carbons (Fsp3) is 0.615. The Balaban J connectivity index is 1.23. The zero-order valence-electron chi connectivity index (χ0n) is 32.2. The largest absolute Gasteiger partial charge is 0.483 e. The van der Waals surface area contributed by atoms with E-state index >= 15 is 0 Å². The second-order valence-electron chi connectivity index (χ2n) is 17.0. The quantitative estimate of drug-likeness (QED) is 0.320. The van der Waals surface area contributed by atoms with Crippen molar-refractivity contribution in [1.82, 2.24) is 25.2 Å². The third-order valence-corrected chi connectivity index (χ3v) is 14.7. The molecule has 1 aromatic carbocycles. The molecule has 5 atom stereocenters. The van der Waals surface area contributed by atoms with Crippen molar-refractivity contribution in [3.63, 3.8) is 0 Å². The summed E-state index contributed by atoms with van der Waals surface area (Å²) in [4.78, 5) is 62.2. The number of rotatable bonds is 5. The van der Waals surface area contributed by atoms with Crippen LogP contribution in [0.25, 0.3) is 10.9 Å². The number of carbonyl (C=O) groups is 4. The number of benzene rings is 1. The molecule has 1 spiro atoms. The molecule has 5 aliphatic rings. The molecular weight excluding hydrogens is 791 g/mol. The summed E-state index contributed by atoms with van der Waals surface area (Å²) in [5.41, 5.74) is -3.50. The summed E-state index contributed by atoms with van der Waals surface area (Å²) in [6, 6.07) is 2.67. The lowest BCUT2D eigenvalue weighted by Gasteiger charge is -2.37. The topological polar surface area (TPSA) is 173 Å². The number of aromatic nitrogens is 1. The number of fused-ring (bicyclic) bond motifs is 5. The Hall–Kier alpha value is -4.12. The van der Waals surface area contributed by atoms with Gasteiger partial charge in [-0.05, 0) is 97.3 Å². The Labute approximate surface area is 333 Å². The van der Waals surface area contributed by atoms with Crippen molar-refractivity contribution >= 4 is 56.3 Å². The van der Waals surface area contributed by atoms with Gasteiger partial charge in [0.05, 0.1) is 22.5 Å². The smallest absolute Gasteiger partial charge is 0.427 e. The average molecular weight is 838 g/mol. The van der Waals surface area contributed by atoms with Crippen molar-refractivity contribution in [2.75, 3.05) is 6.54 Å². The van der Waals surface area contributed by atoms with Gasteiger partial charge in [0, 0.05) is 28.3 Å². The van der Waals surface area contributed by atoms with Crippen LogP contribution in [-0.2, 0) is 35.6 Å². The Kier molecular flexibility index (Phi) is 10.3. The Morgan fingerprint density at radius 3 is 2.54 bits per heavy atom. The van der Waals surface area contributed by atoms with E-state index in [0.29, 0.717) is 87.2 Å². The molecular formula is C39H47ClF3N5O8S. The van der Waals surface area contributed by atoms with Crippen LogP contribution >= 0.6 is 11.6 Å². The minimum atomic E-state index is -4.90. The second kappa shape index (κ2) is 14.3. The first-order valence-corrected chi connectivity index (χ1v) is 21.2. The molecule has 3 fully saturated rings. The lowest BCUT2D eigenvalue weighted by atomic mass is 9.87. The van der Waals surface area contributed by atoms with Crippen molar-refractivity contribution < 1.29 is 50.2 Å². The summed E-state index contributed by atoms with van der Waals surface area (Å²) < 4.78 is 80.0. The molecule has 2 saturated carbocycles. The van der Waals surface area contributed by atoms with Crippen LogP contribution in [0.4, 0.5) is 18.0 Å². The lowest BCUT2D eigenvalue weighted by Crippen LogP contribution is -2.59. The summed E-state index contributed by atoms with van der Waals surface area (Å²) in [6.07, 6.45) is 1.17. The Morgan fingerprint density at radius 1 is 1.11 bits per heavy atom. The van der Waals surface area contributed by atoms with Gasteiger partial charge in [0.2, 0.25) is 27.4 Å². The molecule has 18 heteroatoms. The first kappa shape index (κ1) is 41.1. The number of alkyl halides is 3. The zero-order valence-corrected chi connectivity index (χ0v) is 33.8. The number of ether oxygens (including phenoxy) is 2. The molecule has 2 aliphatic carbocycles. The standard InChI is InChI=1S/C39H47ClF3N5O8S/c1-22-30-25(26-18-24(40)12-13-27(26)44-22)14-15-37(55-30)20-29-31(49)46-38(33(51)47-57(53,54)36(4)16-17-36)19-23(38)10-8-6-5-7-9-11-28(32(50)48(29)21-37)45-34(52)56-35(2,3)39(41,42)43/h8,10,12-13,18,23,28-29H,5-7,9,11,14-17,19-21H2,1-4H3,(H,45,52)(H,46,49)(H,47,51)/b10-8-/t23-,28+,29+,37-,38-/m1/s1. The normalized spacial score (nSPS) is 29.4. The molecule has 310 valence electrons. The SMILES string of the molecule is Cc1nc2ccc(Cl)cc2c2c1O[C@]1(CC2)C[C@H]2C(=O)N[C@]3(C(=O)NS(=O)(=O)C4(C)CC4)C[C@H]3/C=C\CCCCC[C@H](NC(=O)OC(C)(C)C(F)(F)F)C(=O)N2C1. The van der Waals surface area contributed by atoms with Crippen molar-refractivity contribution in [3.8, 4) is 5.75 Å². The van der Waals surface area contributed by atoms with Gasteiger partial charge in [0.15, 0.2) is 0 Å². The van der Waals surface area contributed by atoms with Crippen LogP contribution in [0.5, 0.6) is 5.75 Å². The van der Waals surface area contributed by atoms with E-state index in [1.165, 1.54) is 4.90 Å². The van der Waals surface area contributed by atoms with Crippen LogP contribution in [-0.4, -0.2) is 88.4 Å². The molecule has 13 nitrogen and oxygen atoms in total. The van der Waals surface area contributed by atoms with Crippen LogP contribution in [0.2, 0.25) is 5.02 Å². The number of amides is 4. The van der Waals surface area contributed by atoms with Gasteiger partial charge in [0.1, 0.15) is 29.0 Å². The number of halogens is 4. The number of nitrogens with zero attached hydrogens (tertiary/aromatic N) is 2. The Morgan fingerprint density at radius 2 is 1.84 bits per heavy atom. The number of hydrogen-bond acceptors (Lipinski definition) is 9. The van der Waals surface area contributed by atoms with Gasteiger partial charge in [-0.3, -0.25) is 19.1 Å². The Bertz CT molecular complexity index is 2160. The zero-order chi connectivity index (χ0) is 41.3. The third-order valence-electron chi connectivity index (χ3n) is 12.3. The van der Waals surface area contributed by atoms with E-state index in [4.69, 9.17) is 26.1 Å². The van der Waals surface area contributed by atoms with Crippen LogP contribution in [0, 0.1) is 12.8 Å². The molecule has 1 aromatic heterocycles. The minimum absolute atomic E-state index is 0.0347. The number of carbonyl (C=O) groups excluding carboxylic acids is 4. The maximum atomic E-state index is 14.7. The van der Waals surface area contributed by atoms with Crippen LogP contribution in [0.1, 0.15) is 96.2 Å². The van der Waals surface area contributed by atoms with Crippen molar-refractivity contribution in [2.45, 2.75) is 138 Å². The van der Waals surface area contributed by atoms with Gasteiger partial charge in [-0.15, -0.1) is 0 Å². The lowest BCUT2D eigenvalue weighted by molar-refractivity contribution is -0.244. The molecule has 1 saturated heterocycles. The molecule has 4 amide bonds. The number of allylic oxidation sites excluding steroid dienone is 1. The van der Waals surface area contributed by atoms with Crippen molar-refractivity contribution in [3.05, 3.63) is 46.6 Å². The maximum Gasteiger partial charge on any atom is 0.427 e. The van der Waals surface area contributed by atoms with Gasteiger partial charge in [0.25, 0.3) is 5.91 Å². The number of aryl methyl sites for hydroxylation is 2. The number of alkyl carbamates (subject to hydrolysis) is 1. The summed E-state index contributed by atoms with van der Waals surface area (Å²) in [5.74, 6) is -2.42. The molecule has 4 heterocycles. The molecule has 0 unspecified atom stereocenters. The summed E-state index contributed by atoms with van der Waals surface area (Å²) >= 11 is 6.35. The van der Waals surface area contributed by atoms with Gasteiger partial charge in [-0.25, -0.2) is 18.2 Å². The predicted octanol–water partition coefficient (Wildman–Crippen LogP) is 5.69. The van der Waals surface area contributed by atoms with Crippen LogP contribution in [0.3, 0.4) is 0 Å².